The topological polar surface area (TPSA) is 50.2 Å². The highest BCUT2D eigenvalue weighted by atomic mass is 16.2. The highest BCUT2D eigenvalue weighted by molar-refractivity contribution is 5.77. The van der Waals surface area contributed by atoms with Gasteiger partial charge in [0, 0.05) is 31.7 Å². The molecular weight excluding hydrogens is 252 g/mol. The largest absolute Gasteiger partial charge is 0.343 e. The van der Waals surface area contributed by atoms with Crippen LogP contribution in [-0.2, 0) is 4.79 Å². The van der Waals surface area contributed by atoms with E-state index in [4.69, 9.17) is 0 Å². The van der Waals surface area contributed by atoms with Crippen LogP contribution in [0.15, 0.2) is 12.4 Å². The number of hydrogen-bond acceptors (Lipinski definition) is 3. The van der Waals surface area contributed by atoms with E-state index in [1.165, 1.54) is 5.56 Å². The molecule has 1 amide bonds. The Kier molecular flexibility index (Phi) is 5.17. The molecule has 2 rings (SSSR count). The zero-order valence-electron chi connectivity index (χ0n) is 12.8. The molecule has 1 saturated heterocycles. The van der Waals surface area contributed by atoms with Crippen molar-refractivity contribution in [1.29, 1.82) is 0 Å². The van der Waals surface area contributed by atoms with Gasteiger partial charge in [0.25, 0.3) is 0 Å². The molecular formula is C15H26N4O. The number of carbonyl (C=O) groups excluding carboxylic acids is 1. The molecule has 5 nitrogen and oxygen atoms in total. The van der Waals surface area contributed by atoms with Crippen LogP contribution in [0, 0.1) is 6.92 Å². The fraction of sp³-hybridized carbons (Fsp3) is 0.733. The van der Waals surface area contributed by atoms with E-state index in [1.807, 2.05) is 15.8 Å². The minimum atomic E-state index is 0.318. The minimum Gasteiger partial charge on any atom is -0.343 e. The summed E-state index contributed by atoms with van der Waals surface area (Å²) < 4.78 is 2.01. The molecule has 2 atom stereocenters. The number of nitrogens with one attached hydrogen (secondary N) is 1. The second-order valence-corrected chi connectivity index (χ2v) is 5.82. The first kappa shape index (κ1) is 15.0. The van der Waals surface area contributed by atoms with Crippen LogP contribution >= 0.6 is 0 Å². The van der Waals surface area contributed by atoms with Crippen LogP contribution in [0.5, 0.6) is 0 Å². The molecule has 1 N–H and O–H groups in total. The first-order valence-electron chi connectivity index (χ1n) is 7.60. The number of hydrogen-bond donors (Lipinski definition) is 1. The number of aromatic nitrogens is 2. The number of carbonyl (C=O) groups is 1. The van der Waals surface area contributed by atoms with E-state index in [-0.39, 0.29) is 0 Å². The van der Waals surface area contributed by atoms with Gasteiger partial charge in [-0.25, -0.2) is 0 Å². The van der Waals surface area contributed by atoms with Crippen molar-refractivity contribution >= 4 is 5.91 Å². The second-order valence-electron chi connectivity index (χ2n) is 5.82. The van der Waals surface area contributed by atoms with Crippen LogP contribution in [0.3, 0.4) is 0 Å². The van der Waals surface area contributed by atoms with Crippen LogP contribution in [-0.4, -0.2) is 46.3 Å². The molecule has 2 heterocycles. The summed E-state index contributed by atoms with van der Waals surface area (Å²) in [5.74, 6) is 0.318. The number of rotatable bonds is 7. The Balaban J connectivity index is 1.67. The van der Waals surface area contributed by atoms with E-state index in [9.17, 15) is 4.79 Å². The van der Waals surface area contributed by atoms with Gasteiger partial charge in [-0.1, -0.05) is 0 Å². The van der Waals surface area contributed by atoms with Crippen molar-refractivity contribution in [3.05, 3.63) is 18.0 Å². The molecule has 2 unspecified atom stereocenters. The predicted octanol–water partition coefficient (Wildman–Crippen LogP) is 1.74. The summed E-state index contributed by atoms with van der Waals surface area (Å²) in [4.78, 5) is 13.5. The lowest BCUT2D eigenvalue weighted by Gasteiger charge is -2.22. The van der Waals surface area contributed by atoms with Crippen molar-refractivity contribution in [3.8, 4) is 0 Å². The Labute approximate surface area is 121 Å². The van der Waals surface area contributed by atoms with E-state index < -0.39 is 0 Å². The Morgan fingerprint density at radius 3 is 2.85 bits per heavy atom. The van der Waals surface area contributed by atoms with Gasteiger partial charge in [0.1, 0.15) is 0 Å². The second kappa shape index (κ2) is 6.88. The molecule has 0 aromatic carbocycles. The molecule has 1 aliphatic heterocycles. The molecule has 1 aliphatic rings. The molecule has 1 fully saturated rings. The summed E-state index contributed by atoms with van der Waals surface area (Å²) in [5.41, 5.74) is 1.19. The van der Waals surface area contributed by atoms with Gasteiger partial charge < -0.3 is 10.2 Å². The summed E-state index contributed by atoms with van der Waals surface area (Å²) in [7, 11) is 0. The van der Waals surface area contributed by atoms with Crippen LogP contribution in [0.4, 0.5) is 0 Å². The van der Waals surface area contributed by atoms with Crippen molar-refractivity contribution in [2.75, 3.05) is 19.6 Å². The maximum Gasteiger partial charge on any atom is 0.222 e. The van der Waals surface area contributed by atoms with Crippen molar-refractivity contribution in [2.45, 2.75) is 52.1 Å². The number of aryl methyl sites for hydroxylation is 1. The minimum absolute atomic E-state index is 0.318. The highest BCUT2D eigenvalue weighted by Crippen LogP contribution is 2.11. The van der Waals surface area contributed by atoms with Crippen molar-refractivity contribution in [2.24, 2.45) is 0 Å². The number of nitrogens with zero attached hydrogens (tertiary/aromatic N) is 3. The molecule has 0 aliphatic carbocycles. The lowest BCUT2D eigenvalue weighted by atomic mass is 10.1. The van der Waals surface area contributed by atoms with Crippen molar-refractivity contribution in [3.63, 3.8) is 0 Å². The van der Waals surface area contributed by atoms with Gasteiger partial charge in [-0.05, 0) is 45.7 Å². The fourth-order valence-corrected chi connectivity index (χ4v) is 2.60. The van der Waals surface area contributed by atoms with Crippen molar-refractivity contribution < 1.29 is 4.79 Å². The average molecular weight is 278 g/mol. The Bertz CT molecular complexity index is 443. The third-order valence-corrected chi connectivity index (χ3v) is 4.11. The van der Waals surface area contributed by atoms with E-state index in [0.29, 0.717) is 18.0 Å². The molecule has 0 saturated carbocycles. The Morgan fingerprint density at radius 1 is 1.45 bits per heavy atom. The molecule has 5 heteroatoms. The smallest absolute Gasteiger partial charge is 0.222 e. The van der Waals surface area contributed by atoms with Crippen LogP contribution < -0.4 is 5.32 Å². The SMILES string of the molecule is Cc1cnn(C(C)C(C)NCCCN2CCCC2=O)c1. The van der Waals surface area contributed by atoms with E-state index in [2.05, 4.69) is 37.4 Å². The standard InChI is InChI=1S/C15H26N4O/c1-12-10-17-19(11-12)14(3)13(2)16-7-5-9-18-8-4-6-15(18)20/h10-11,13-14,16H,4-9H2,1-3H3. The van der Waals surface area contributed by atoms with Gasteiger partial charge in [0.05, 0.1) is 12.2 Å². The number of amides is 1. The summed E-state index contributed by atoms with van der Waals surface area (Å²) >= 11 is 0. The first-order valence-corrected chi connectivity index (χ1v) is 7.60. The summed E-state index contributed by atoms with van der Waals surface area (Å²) in [6, 6.07) is 0.695. The lowest BCUT2D eigenvalue weighted by Crippen LogP contribution is -2.36. The van der Waals surface area contributed by atoms with Gasteiger partial charge in [-0.3, -0.25) is 9.48 Å². The third-order valence-electron chi connectivity index (χ3n) is 4.11. The lowest BCUT2D eigenvalue weighted by molar-refractivity contribution is -0.127. The maximum atomic E-state index is 11.5. The first-order chi connectivity index (χ1) is 9.58. The van der Waals surface area contributed by atoms with Crippen molar-refractivity contribution in [1.82, 2.24) is 20.0 Å². The van der Waals surface area contributed by atoms with Gasteiger partial charge in [0.15, 0.2) is 0 Å². The fourth-order valence-electron chi connectivity index (χ4n) is 2.60. The molecule has 1 aromatic heterocycles. The number of likely N-dealkylation sites (tertiary alicyclic amines) is 1. The molecule has 0 radical (unpaired) electrons. The third kappa shape index (κ3) is 3.82. The predicted molar refractivity (Wildman–Crippen MR) is 79.6 cm³/mol. The molecule has 0 spiro atoms. The zero-order chi connectivity index (χ0) is 14.5. The van der Waals surface area contributed by atoms with Gasteiger partial charge in [-0.2, -0.15) is 5.10 Å². The summed E-state index contributed by atoms with van der Waals surface area (Å²) in [5, 5.41) is 7.89. The molecule has 0 bridgehead atoms. The normalized spacial score (nSPS) is 18.6. The van der Waals surface area contributed by atoms with Gasteiger partial charge in [-0.15, -0.1) is 0 Å². The molecule has 1 aromatic rings. The average Bonchev–Trinajstić information content (AvgIpc) is 3.03. The zero-order valence-corrected chi connectivity index (χ0v) is 12.8. The van der Waals surface area contributed by atoms with Crippen LogP contribution in [0.2, 0.25) is 0 Å². The Hall–Kier alpha value is -1.36. The monoisotopic (exact) mass is 278 g/mol. The Morgan fingerprint density at radius 2 is 2.25 bits per heavy atom. The van der Waals surface area contributed by atoms with Crippen LogP contribution in [0.1, 0.15) is 44.7 Å². The van der Waals surface area contributed by atoms with Gasteiger partial charge >= 0.3 is 0 Å². The van der Waals surface area contributed by atoms with Crippen LogP contribution in [0.25, 0.3) is 0 Å². The maximum absolute atomic E-state index is 11.5. The van der Waals surface area contributed by atoms with E-state index in [0.717, 1.165) is 38.9 Å². The molecule has 20 heavy (non-hydrogen) atoms. The highest BCUT2D eigenvalue weighted by Gasteiger charge is 2.19. The summed E-state index contributed by atoms with van der Waals surface area (Å²) in [6.45, 7) is 9.18. The molecule has 112 valence electrons. The summed E-state index contributed by atoms with van der Waals surface area (Å²) in [6.07, 6.45) is 6.74. The van der Waals surface area contributed by atoms with E-state index >= 15 is 0 Å². The van der Waals surface area contributed by atoms with E-state index in [1.54, 1.807) is 0 Å². The van der Waals surface area contributed by atoms with Gasteiger partial charge in [0.2, 0.25) is 5.91 Å². The quantitative estimate of drug-likeness (QED) is 0.773.